The maximum atomic E-state index is 6.41. The largest absolute Gasteiger partial charge is 0.326 e. The molecule has 2 nitrogen and oxygen atoms in total. The van der Waals surface area contributed by atoms with Crippen LogP contribution in [0.5, 0.6) is 0 Å². The summed E-state index contributed by atoms with van der Waals surface area (Å²) in [6, 6.07) is 9.52. The number of nitrogens with two attached hydrogens (primary N) is 1. The molecule has 2 unspecified atom stereocenters. The first-order valence-electron chi connectivity index (χ1n) is 7.28. The quantitative estimate of drug-likeness (QED) is 0.807. The molecule has 2 N–H and O–H groups in total. The first-order valence-corrected chi connectivity index (χ1v) is 8.07. The highest BCUT2D eigenvalue weighted by Crippen LogP contribution is 2.29. The smallest absolute Gasteiger partial charge is 0.0502 e. The van der Waals surface area contributed by atoms with Gasteiger partial charge in [0.2, 0.25) is 0 Å². The summed E-state index contributed by atoms with van der Waals surface area (Å²) in [5.41, 5.74) is 7.72. The summed E-state index contributed by atoms with van der Waals surface area (Å²) in [7, 11) is 0. The summed E-state index contributed by atoms with van der Waals surface area (Å²) in [6.07, 6.45) is 2.14. The van der Waals surface area contributed by atoms with Gasteiger partial charge >= 0.3 is 0 Å². The first-order chi connectivity index (χ1) is 9.01. The van der Waals surface area contributed by atoms with Gasteiger partial charge in [-0.2, -0.15) is 0 Å². The van der Waals surface area contributed by atoms with Crippen molar-refractivity contribution >= 4 is 15.9 Å². The van der Waals surface area contributed by atoms with Crippen molar-refractivity contribution in [1.29, 1.82) is 0 Å². The van der Waals surface area contributed by atoms with Crippen LogP contribution in [0, 0.1) is 0 Å². The van der Waals surface area contributed by atoms with Crippen LogP contribution in [0.1, 0.15) is 52.1 Å². The number of hydrogen-bond acceptors (Lipinski definition) is 2. The van der Waals surface area contributed by atoms with Crippen LogP contribution in [-0.4, -0.2) is 23.5 Å². The maximum absolute atomic E-state index is 6.41. The average molecular weight is 327 g/mol. The maximum Gasteiger partial charge on any atom is 0.0502 e. The third-order valence-corrected chi connectivity index (χ3v) is 4.06. The van der Waals surface area contributed by atoms with Gasteiger partial charge in [0, 0.05) is 16.6 Å². The second-order valence-corrected chi connectivity index (χ2v) is 6.32. The van der Waals surface area contributed by atoms with Crippen molar-refractivity contribution in [3.63, 3.8) is 0 Å². The Hall–Kier alpha value is -0.380. The van der Waals surface area contributed by atoms with Gasteiger partial charge < -0.3 is 5.73 Å². The van der Waals surface area contributed by atoms with Crippen molar-refractivity contribution in [2.24, 2.45) is 5.73 Å². The molecular formula is C16H27BrN2. The third-order valence-electron chi connectivity index (χ3n) is 3.57. The van der Waals surface area contributed by atoms with E-state index in [1.807, 2.05) is 0 Å². The van der Waals surface area contributed by atoms with Crippen LogP contribution in [0.4, 0.5) is 0 Å². The van der Waals surface area contributed by atoms with Gasteiger partial charge in [0.25, 0.3) is 0 Å². The molecule has 0 aliphatic heterocycles. The van der Waals surface area contributed by atoms with Gasteiger partial charge in [-0.3, -0.25) is 4.90 Å². The zero-order chi connectivity index (χ0) is 14.4. The van der Waals surface area contributed by atoms with Crippen molar-refractivity contribution in [3.8, 4) is 0 Å². The predicted octanol–water partition coefficient (Wildman–Crippen LogP) is 4.35. The van der Waals surface area contributed by atoms with Gasteiger partial charge in [0.1, 0.15) is 0 Å². The summed E-state index contributed by atoms with van der Waals surface area (Å²) >= 11 is 3.57. The minimum absolute atomic E-state index is 0.170. The van der Waals surface area contributed by atoms with E-state index in [-0.39, 0.29) is 6.04 Å². The van der Waals surface area contributed by atoms with Gasteiger partial charge in [-0.15, -0.1) is 0 Å². The summed E-state index contributed by atoms with van der Waals surface area (Å²) in [5.74, 6) is 0. The van der Waals surface area contributed by atoms with Gasteiger partial charge in [-0.1, -0.05) is 41.9 Å². The fourth-order valence-corrected chi connectivity index (χ4v) is 2.99. The van der Waals surface area contributed by atoms with E-state index in [0.29, 0.717) is 12.1 Å². The average Bonchev–Trinajstić information content (AvgIpc) is 2.37. The lowest BCUT2D eigenvalue weighted by Crippen LogP contribution is -2.44. The summed E-state index contributed by atoms with van der Waals surface area (Å²) in [5, 5.41) is 0. The van der Waals surface area contributed by atoms with Gasteiger partial charge in [-0.25, -0.2) is 0 Å². The molecule has 0 spiro atoms. The molecule has 0 saturated carbocycles. The molecule has 1 aromatic rings. The number of rotatable bonds is 7. The standard InChI is InChI=1S/C16H27BrN2/c1-5-10-19(12(3)4)16(15(18)6-2)13-8-7-9-14(17)11-13/h7-9,11-12,15-16H,5-6,10,18H2,1-4H3. The predicted molar refractivity (Wildman–Crippen MR) is 87.3 cm³/mol. The van der Waals surface area contributed by atoms with E-state index in [2.05, 4.69) is 72.8 Å². The van der Waals surface area contributed by atoms with E-state index in [0.717, 1.165) is 23.9 Å². The second-order valence-electron chi connectivity index (χ2n) is 5.40. The Morgan fingerprint density at radius 2 is 1.95 bits per heavy atom. The van der Waals surface area contributed by atoms with Crippen molar-refractivity contribution in [1.82, 2.24) is 4.90 Å². The molecule has 0 radical (unpaired) electrons. The topological polar surface area (TPSA) is 29.3 Å². The van der Waals surface area contributed by atoms with Crippen LogP contribution in [0.3, 0.4) is 0 Å². The highest BCUT2D eigenvalue weighted by Gasteiger charge is 2.27. The molecule has 108 valence electrons. The lowest BCUT2D eigenvalue weighted by molar-refractivity contribution is 0.130. The number of hydrogen-bond donors (Lipinski definition) is 1. The first kappa shape index (κ1) is 16.7. The Labute approximate surface area is 126 Å². The van der Waals surface area contributed by atoms with E-state index in [9.17, 15) is 0 Å². The lowest BCUT2D eigenvalue weighted by atomic mass is 9.95. The van der Waals surface area contributed by atoms with Crippen molar-refractivity contribution in [2.75, 3.05) is 6.54 Å². The molecule has 1 rings (SSSR count). The Balaban J connectivity index is 3.12. The fraction of sp³-hybridized carbons (Fsp3) is 0.625. The van der Waals surface area contributed by atoms with Crippen molar-refractivity contribution in [3.05, 3.63) is 34.3 Å². The van der Waals surface area contributed by atoms with Gasteiger partial charge in [0.05, 0.1) is 6.04 Å². The molecule has 0 fully saturated rings. The molecule has 3 heteroatoms. The van der Waals surface area contributed by atoms with Crippen LogP contribution in [0.2, 0.25) is 0 Å². The molecule has 1 aromatic carbocycles. The van der Waals surface area contributed by atoms with E-state index in [1.54, 1.807) is 0 Å². The minimum Gasteiger partial charge on any atom is -0.326 e. The summed E-state index contributed by atoms with van der Waals surface area (Å²) in [6.45, 7) is 9.99. The molecule has 0 bridgehead atoms. The summed E-state index contributed by atoms with van der Waals surface area (Å²) < 4.78 is 1.12. The Kier molecular flexibility index (Phi) is 7.05. The van der Waals surface area contributed by atoms with Crippen LogP contribution < -0.4 is 5.73 Å². The Morgan fingerprint density at radius 1 is 1.26 bits per heavy atom. The molecule has 2 atom stereocenters. The van der Waals surface area contributed by atoms with E-state index < -0.39 is 0 Å². The molecular weight excluding hydrogens is 300 g/mol. The van der Waals surface area contributed by atoms with E-state index in [1.165, 1.54) is 5.56 Å². The van der Waals surface area contributed by atoms with Gasteiger partial charge in [0.15, 0.2) is 0 Å². The highest BCUT2D eigenvalue weighted by molar-refractivity contribution is 9.10. The zero-order valence-electron chi connectivity index (χ0n) is 12.6. The summed E-state index contributed by atoms with van der Waals surface area (Å²) in [4.78, 5) is 2.52. The van der Waals surface area contributed by atoms with E-state index >= 15 is 0 Å². The number of nitrogens with zero attached hydrogens (tertiary/aromatic N) is 1. The molecule has 0 amide bonds. The second kappa shape index (κ2) is 8.03. The lowest BCUT2D eigenvalue weighted by Gasteiger charge is -2.38. The number of halogens is 1. The Morgan fingerprint density at radius 3 is 2.42 bits per heavy atom. The fourth-order valence-electron chi connectivity index (χ4n) is 2.58. The molecule has 0 heterocycles. The molecule has 0 saturated heterocycles. The zero-order valence-corrected chi connectivity index (χ0v) is 14.2. The normalized spacial score (nSPS) is 14.9. The highest BCUT2D eigenvalue weighted by atomic mass is 79.9. The third kappa shape index (κ3) is 4.59. The molecule has 19 heavy (non-hydrogen) atoms. The minimum atomic E-state index is 0.170. The SMILES string of the molecule is CCCN(C(C)C)C(c1cccc(Br)c1)C(N)CC. The van der Waals surface area contributed by atoms with Crippen LogP contribution in [-0.2, 0) is 0 Å². The van der Waals surface area contributed by atoms with E-state index in [4.69, 9.17) is 5.73 Å². The number of benzene rings is 1. The van der Waals surface area contributed by atoms with Crippen molar-refractivity contribution in [2.45, 2.75) is 58.7 Å². The monoisotopic (exact) mass is 326 g/mol. The van der Waals surface area contributed by atoms with Crippen LogP contribution in [0.15, 0.2) is 28.7 Å². The molecule has 0 aromatic heterocycles. The molecule has 0 aliphatic carbocycles. The Bertz CT molecular complexity index is 379. The van der Waals surface area contributed by atoms with Crippen molar-refractivity contribution < 1.29 is 0 Å². The van der Waals surface area contributed by atoms with Crippen LogP contribution >= 0.6 is 15.9 Å². The molecule has 0 aliphatic rings. The van der Waals surface area contributed by atoms with Crippen LogP contribution in [0.25, 0.3) is 0 Å². The van der Waals surface area contributed by atoms with Gasteiger partial charge in [-0.05, 0) is 50.9 Å².